The third kappa shape index (κ3) is 3.20. The van der Waals surface area contributed by atoms with Gasteiger partial charge in [0.15, 0.2) is 5.58 Å². The molecule has 2 heterocycles. The van der Waals surface area contributed by atoms with Gasteiger partial charge in [-0.3, -0.25) is 0 Å². The molecule has 140 valence electrons. The summed E-state index contributed by atoms with van der Waals surface area (Å²) >= 11 is 0. The minimum Gasteiger partial charge on any atom is -0.424 e. The number of imidazole rings is 1. The van der Waals surface area contributed by atoms with E-state index in [1.54, 1.807) is 0 Å². The molecule has 0 bridgehead atoms. The fourth-order valence-electron chi connectivity index (χ4n) is 4.01. The van der Waals surface area contributed by atoms with Gasteiger partial charge in [0, 0.05) is 12.6 Å². The molecule has 1 aliphatic rings. The maximum Gasteiger partial charge on any atom is 0.295 e. The topological polar surface area (TPSA) is 79.7 Å². The summed E-state index contributed by atoms with van der Waals surface area (Å²) in [6.07, 6.45) is 8.06. The predicted octanol–water partition coefficient (Wildman–Crippen LogP) is 4.84. The van der Waals surface area contributed by atoms with Gasteiger partial charge in [0.05, 0.1) is 29.0 Å². The van der Waals surface area contributed by atoms with Gasteiger partial charge in [0.25, 0.3) is 6.01 Å². The molecule has 1 N–H and O–H groups in total. The number of fused-ring (bicyclic) bond motifs is 2. The lowest BCUT2D eigenvalue weighted by atomic mass is 9.96. The van der Waals surface area contributed by atoms with Gasteiger partial charge in [-0.05, 0) is 48.7 Å². The van der Waals surface area contributed by atoms with Crippen molar-refractivity contribution >= 4 is 28.1 Å². The molecule has 0 saturated heterocycles. The van der Waals surface area contributed by atoms with Gasteiger partial charge in [0.2, 0.25) is 0 Å². The highest BCUT2D eigenvalue weighted by atomic mass is 16.4. The highest BCUT2D eigenvalue weighted by molar-refractivity contribution is 5.78. The number of oxazole rings is 1. The molecule has 6 heteroatoms. The monoisotopic (exact) mass is 371 g/mol. The molecule has 6 nitrogen and oxygen atoms in total. The molecule has 5 rings (SSSR count). The van der Waals surface area contributed by atoms with Gasteiger partial charge < -0.3 is 14.3 Å². The second kappa shape index (κ2) is 7.01. The Labute approximate surface area is 162 Å². The summed E-state index contributed by atoms with van der Waals surface area (Å²) in [4.78, 5) is 9.01. The smallest absolute Gasteiger partial charge is 0.295 e. The van der Waals surface area contributed by atoms with Gasteiger partial charge in [-0.25, -0.2) is 4.98 Å². The van der Waals surface area contributed by atoms with Crippen molar-refractivity contribution in [3.05, 3.63) is 53.9 Å². The molecule has 28 heavy (non-hydrogen) atoms. The Balaban J connectivity index is 1.38. The van der Waals surface area contributed by atoms with Crippen LogP contribution >= 0.6 is 0 Å². The lowest BCUT2D eigenvalue weighted by molar-refractivity contribution is 0.451. The first-order chi connectivity index (χ1) is 13.8. The number of anilines is 1. The average Bonchev–Trinajstić information content (AvgIpc) is 3.31. The van der Waals surface area contributed by atoms with Crippen molar-refractivity contribution in [1.29, 1.82) is 5.26 Å². The normalized spacial score (nSPS) is 15.1. The second-order valence-corrected chi connectivity index (χ2v) is 7.49. The number of benzene rings is 2. The van der Waals surface area contributed by atoms with Crippen LogP contribution in [-0.4, -0.2) is 20.6 Å². The molecular formula is C22H21N5O. The third-order valence-corrected chi connectivity index (χ3v) is 5.49. The van der Waals surface area contributed by atoms with Gasteiger partial charge in [0.1, 0.15) is 5.52 Å². The summed E-state index contributed by atoms with van der Waals surface area (Å²) in [7, 11) is 0. The molecule has 1 fully saturated rings. The van der Waals surface area contributed by atoms with Gasteiger partial charge in [-0.1, -0.05) is 25.3 Å². The molecule has 2 aromatic heterocycles. The summed E-state index contributed by atoms with van der Waals surface area (Å²) in [5.74, 6) is 0. The summed E-state index contributed by atoms with van der Waals surface area (Å²) in [6, 6.07) is 15.0. The maximum atomic E-state index is 9.04. The summed E-state index contributed by atoms with van der Waals surface area (Å²) in [6.45, 7) is 0.685. The van der Waals surface area contributed by atoms with E-state index in [9.17, 15) is 0 Å². The Hall–Kier alpha value is -3.33. The quantitative estimate of drug-likeness (QED) is 0.555. The molecular weight excluding hydrogens is 350 g/mol. The van der Waals surface area contributed by atoms with Crippen LogP contribution in [-0.2, 0) is 6.54 Å². The molecule has 0 atom stereocenters. The highest BCUT2D eigenvalue weighted by Crippen LogP contribution is 2.25. The van der Waals surface area contributed by atoms with Crippen LogP contribution in [0.3, 0.4) is 0 Å². The van der Waals surface area contributed by atoms with E-state index in [4.69, 9.17) is 9.68 Å². The fraction of sp³-hybridized carbons (Fsp3) is 0.318. The van der Waals surface area contributed by atoms with Crippen LogP contribution in [0.5, 0.6) is 0 Å². The van der Waals surface area contributed by atoms with Crippen LogP contribution in [0, 0.1) is 11.3 Å². The molecule has 0 amide bonds. The maximum absolute atomic E-state index is 9.04. The Morgan fingerprint density at radius 3 is 2.86 bits per heavy atom. The summed E-state index contributed by atoms with van der Waals surface area (Å²) < 4.78 is 8.04. The van der Waals surface area contributed by atoms with E-state index < -0.39 is 0 Å². The Kier molecular flexibility index (Phi) is 4.21. The molecule has 1 aliphatic carbocycles. The number of rotatable bonds is 4. The molecule has 0 unspecified atom stereocenters. The van der Waals surface area contributed by atoms with Gasteiger partial charge in [-0.2, -0.15) is 10.2 Å². The second-order valence-electron chi connectivity index (χ2n) is 7.49. The molecule has 4 aromatic rings. The van der Waals surface area contributed by atoms with Crippen LogP contribution in [0.2, 0.25) is 0 Å². The first kappa shape index (κ1) is 16.8. The molecule has 1 saturated carbocycles. The first-order valence-electron chi connectivity index (χ1n) is 9.79. The number of nitrogens with zero attached hydrogens (tertiary/aromatic N) is 4. The summed E-state index contributed by atoms with van der Waals surface area (Å²) in [5.41, 5.74) is 5.26. The number of nitrogens with one attached hydrogen (secondary N) is 1. The third-order valence-electron chi connectivity index (χ3n) is 5.49. The minimum atomic E-state index is 0.469. The van der Waals surface area contributed by atoms with Gasteiger partial charge >= 0.3 is 0 Å². The average molecular weight is 371 g/mol. The Morgan fingerprint density at radius 2 is 2.00 bits per heavy atom. The fourth-order valence-corrected chi connectivity index (χ4v) is 4.01. The molecule has 2 aromatic carbocycles. The van der Waals surface area contributed by atoms with E-state index in [0.29, 0.717) is 24.2 Å². The van der Waals surface area contributed by atoms with Gasteiger partial charge in [-0.15, -0.1) is 0 Å². The number of aromatic nitrogens is 3. The van der Waals surface area contributed by atoms with Crippen molar-refractivity contribution in [1.82, 2.24) is 14.5 Å². The number of hydrogen-bond donors (Lipinski definition) is 1. The summed E-state index contributed by atoms with van der Waals surface area (Å²) in [5, 5.41) is 12.5. The van der Waals surface area contributed by atoms with Crippen molar-refractivity contribution in [2.45, 2.75) is 44.7 Å². The lowest BCUT2D eigenvalue weighted by Gasteiger charge is -2.21. The van der Waals surface area contributed by atoms with Crippen LogP contribution in [0.1, 0.15) is 43.2 Å². The SMILES string of the molecule is N#Cc1ccc2c(c1)ncn2Cc1ccc2nc(NC3CCCCC3)oc2c1. The van der Waals surface area contributed by atoms with E-state index in [1.165, 1.54) is 32.1 Å². The van der Waals surface area contributed by atoms with E-state index in [2.05, 4.69) is 32.0 Å². The Morgan fingerprint density at radius 1 is 1.11 bits per heavy atom. The predicted molar refractivity (Wildman–Crippen MR) is 108 cm³/mol. The largest absolute Gasteiger partial charge is 0.424 e. The lowest BCUT2D eigenvalue weighted by Crippen LogP contribution is -2.22. The van der Waals surface area contributed by atoms with Crippen molar-refractivity contribution in [3.63, 3.8) is 0 Å². The van der Waals surface area contributed by atoms with E-state index in [-0.39, 0.29) is 0 Å². The molecule has 0 aliphatic heterocycles. The van der Waals surface area contributed by atoms with Crippen molar-refractivity contribution in [2.75, 3.05) is 5.32 Å². The van der Waals surface area contributed by atoms with Crippen molar-refractivity contribution in [3.8, 4) is 6.07 Å². The zero-order chi connectivity index (χ0) is 18.9. The number of hydrogen-bond acceptors (Lipinski definition) is 5. The zero-order valence-corrected chi connectivity index (χ0v) is 15.6. The molecule has 0 spiro atoms. The molecule has 0 radical (unpaired) electrons. The van der Waals surface area contributed by atoms with Crippen LogP contribution in [0.15, 0.2) is 47.1 Å². The van der Waals surface area contributed by atoms with Crippen LogP contribution < -0.4 is 5.32 Å². The number of nitriles is 1. The van der Waals surface area contributed by atoms with Crippen molar-refractivity contribution in [2.24, 2.45) is 0 Å². The van der Waals surface area contributed by atoms with Crippen molar-refractivity contribution < 1.29 is 4.42 Å². The Bertz CT molecular complexity index is 1180. The zero-order valence-electron chi connectivity index (χ0n) is 15.6. The standard InChI is InChI=1S/C22H21N5O/c23-12-15-7-9-20-19(10-15)24-14-27(20)13-16-6-8-18-21(11-16)28-22(26-18)25-17-4-2-1-3-5-17/h6-11,14,17H,1-5,13H2,(H,25,26). The van der Waals surface area contributed by atoms with Crippen LogP contribution in [0.4, 0.5) is 6.01 Å². The van der Waals surface area contributed by atoms with E-state index in [1.807, 2.05) is 36.7 Å². The van der Waals surface area contributed by atoms with E-state index in [0.717, 1.165) is 27.7 Å². The first-order valence-corrected chi connectivity index (χ1v) is 9.79. The van der Waals surface area contributed by atoms with E-state index >= 15 is 0 Å². The minimum absolute atomic E-state index is 0.469. The van der Waals surface area contributed by atoms with Crippen LogP contribution in [0.25, 0.3) is 22.1 Å². The highest BCUT2D eigenvalue weighted by Gasteiger charge is 2.16.